The van der Waals surface area contributed by atoms with Gasteiger partial charge in [-0.1, -0.05) is 12.1 Å². The van der Waals surface area contributed by atoms with Crippen LogP contribution >= 0.6 is 12.4 Å². The molecule has 13 heteroatoms. The van der Waals surface area contributed by atoms with E-state index in [2.05, 4.69) is 4.90 Å². The average Bonchev–Trinajstić information content (AvgIpc) is 2.99. The number of hydrogen-bond donors (Lipinski definition) is 5. The summed E-state index contributed by atoms with van der Waals surface area (Å²) in [5.74, 6) is -2.36. The molecule has 0 amide bonds. The molecule has 5 N–H and O–H groups in total. The Hall–Kier alpha value is -2.81. The normalized spacial score (nSPS) is 30.9. The molecule has 7 unspecified atom stereocenters. The maximum atomic E-state index is 13.8. The number of morpholine rings is 1. The van der Waals surface area contributed by atoms with Crippen LogP contribution in [0.2, 0.25) is 0 Å². The molecule has 2 aliphatic carbocycles. The van der Waals surface area contributed by atoms with E-state index in [9.17, 15) is 35.1 Å². The zero-order valence-electron chi connectivity index (χ0n) is 24.7. The van der Waals surface area contributed by atoms with Crippen molar-refractivity contribution >= 4 is 24.0 Å². The number of carbonyl (C=O) groups excluding carboxylic acids is 2. The van der Waals surface area contributed by atoms with Crippen molar-refractivity contribution in [2.75, 3.05) is 33.4 Å². The van der Waals surface area contributed by atoms with E-state index in [4.69, 9.17) is 18.9 Å². The summed E-state index contributed by atoms with van der Waals surface area (Å²) in [6, 6.07) is 4.20. The number of fused-ring (bicyclic) bond motifs is 3. The van der Waals surface area contributed by atoms with Gasteiger partial charge >= 0.3 is 0 Å². The number of ether oxygens (including phenoxy) is 4. The number of rotatable bonds is 5. The number of carbonyl (C=O) groups is 2. The first kappa shape index (κ1) is 32.6. The molecule has 0 saturated carbocycles. The summed E-state index contributed by atoms with van der Waals surface area (Å²) in [5.41, 5.74) is -2.55. The Balaban J connectivity index is 0.00000384. The van der Waals surface area contributed by atoms with E-state index >= 15 is 0 Å². The molecule has 44 heavy (non-hydrogen) atoms. The van der Waals surface area contributed by atoms with E-state index in [0.29, 0.717) is 26.3 Å². The van der Waals surface area contributed by atoms with Gasteiger partial charge in [0.1, 0.15) is 17.2 Å². The number of nitrogens with zero attached hydrogens (tertiary/aromatic N) is 1. The maximum Gasteiger partial charge on any atom is 0.202 e. The fourth-order valence-electron chi connectivity index (χ4n) is 6.95. The second-order valence-electron chi connectivity index (χ2n) is 11.9. The van der Waals surface area contributed by atoms with E-state index in [-0.39, 0.29) is 76.8 Å². The highest BCUT2D eigenvalue weighted by atomic mass is 35.5. The molecule has 2 heterocycles. The largest absolute Gasteiger partial charge is 0.507 e. The lowest BCUT2D eigenvalue weighted by molar-refractivity contribution is -0.263. The van der Waals surface area contributed by atoms with Crippen molar-refractivity contribution in [1.29, 1.82) is 0 Å². The van der Waals surface area contributed by atoms with Crippen molar-refractivity contribution < 1.29 is 54.1 Å². The number of aliphatic hydroxyl groups is 3. The Kier molecular flexibility index (Phi) is 9.02. The molecule has 2 fully saturated rings. The fourth-order valence-corrected chi connectivity index (χ4v) is 6.95. The van der Waals surface area contributed by atoms with Crippen LogP contribution in [0.4, 0.5) is 0 Å². The van der Waals surface area contributed by atoms with Crippen LogP contribution in [-0.4, -0.2) is 112 Å². The Bertz CT molecular complexity index is 1460. The third-order valence-corrected chi connectivity index (χ3v) is 9.39. The minimum atomic E-state index is -1.80. The standard InChI is InChI=1S/C31H37NO11.ClH/c1-14-26(34)18(32-7-9-41-10-8-32)11-21(42-14)43-20-13-31(39,15(2)33)12-17-23(20)30(38)25-24(28(17)36)27(35)16-5-4-6-19(40-3)22(16)29(25)37;/h4-6,14-15,18,20-21,26,33-34,36,38-39H,7-13H2,1-3H3;1H. The fraction of sp³-hybridized carbons (Fsp3) is 0.548. The molecule has 0 radical (unpaired) electrons. The molecule has 240 valence electrons. The lowest BCUT2D eigenvalue weighted by Crippen LogP contribution is -2.58. The molecule has 2 aliphatic heterocycles. The SMILES string of the molecule is COc1cccc2c1C(=O)c1c(O)c3c(c(O)c1C2=O)CC(O)(C(C)O)CC3OC1CC(N2CCOCC2)C(O)C(C)O1.Cl. The number of halogens is 1. The van der Waals surface area contributed by atoms with Gasteiger partial charge in [0.15, 0.2) is 12.1 Å². The molecule has 0 spiro atoms. The molecule has 6 rings (SSSR count). The summed E-state index contributed by atoms with van der Waals surface area (Å²) in [4.78, 5) is 29.6. The van der Waals surface area contributed by atoms with Gasteiger partial charge in [0.05, 0.1) is 67.0 Å². The first-order valence-corrected chi connectivity index (χ1v) is 14.5. The van der Waals surface area contributed by atoms with E-state index in [0.717, 1.165) is 0 Å². The number of phenols is 2. The number of aliphatic hydroxyl groups excluding tert-OH is 2. The minimum absolute atomic E-state index is 0. The number of hydrogen-bond acceptors (Lipinski definition) is 12. The molecular formula is C31H38ClNO11. The van der Waals surface area contributed by atoms with Crippen molar-refractivity contribution in [2.45, 2.75) is 75.5 Å². The van der Waals surface area contributed by atoms with Crippen LogP contribution in [0.25, 0.3) is 0 Å². The van der Waals surface area contributed by atoms with Gasteiger partial charge < -0.3 is 44.5 Å². The molecule has 2 aromatic rings. The van der Waals surface area contributed by atoms with Crippen LogP contribution in [0.3, 0.4) is 0 Å². The predicted molar refractivity (Wildman–Crippen MR) is 157 cm³/mol. The Morgan fingerprint density at radius 2 is 1.75 bits per heavy atom. The molecule has 4 aliphatic rings. The summed E-state index contributed by atoms with van der Waals surface area (Å²) in [7, 11) is 1.36. The summed E-state index contributed by atoms with van der Waals surface area (Å²) in [6.07, 6.45) is -5.01. The third kappa shape index (κ3) is 5.17. The van der Waals surface area contributed by atoms with Gasteiger partial charge in [-0.15, -0.1) is 12.4 Å². The summed E-state index contributed by atoms with van der Waals surface area (Å²) in [5, 5.41) is 56.2. The van der Waals surface area contributed by atoms with E-state index in [1.165, 1.54) is 26.2 Å². The smallest absolute Gasteiger partial charge is 0.202 e. The van der Waals surface area contributed by atoms with Crippen LogP contribution in [0, 0.1) is 0 Å². The van der Waals surface area contributed by atoms with E-state index < -0.39 is 59.4 Å². The lowest BCUT2D eigenvalue weighted by Gasteiger charge is -2.46. The molecular weight excluding hydrogens is 598 g/mol. The summed E-state index contributed by atoms with van der Waals surface area (Å²) < 4.78 is 23.2. The first-order chi connectivity index (χ1) is 20.5. The van der Waals surface area contributed by atoms with Crippen molar-refractivity contribution in [3.05, 3.63) is 51.6 Å². The molecule has 2 saturated heterocycles. The second-order valence-corrected chi connectivity index (χ2v) is 11.9. The molecule has 2 aromatic carbocycles. The topological polar surface area (TPSA) is 175 Å². The van der Waals surface area contributed by atoms with Crippen LogP contribution in [-0.2, 0) is 20.6 Å². The van der Waals surface area contributed by atoms with E-state index in [1.807, 2.05) is 0 Å². The van der Waals surface area contributed by atoms with Crippen molar-refractivity contribution in [3.63, 3.8) is 0 Å². The van der Waals surface area contributed by atoms with Crippen LogP contribution in [0.5, 0.6) is 17.2 Å². The van der Waals surface area contributed by atoms with Gasteiger partial charge in [0.2, 0.25) is 5.78 Å². The van der Waals surface area contributed by atoms with E-state index in [1.54, 1.807) is 13.0 Å². The van der Waals surface area contributed by atoms with Crippen LogP contribution in [0.15, 0.2) is 18.2 Å². The lowest BCUT2D eigenvalue weighted by atomic mass is 9.71. The molecule has 0 aromatic heterocycles. The minimum Gasteiger partial charge on any atom is -0.507 e. The molecule has 0 bridgehead atoms. The van der Waals surface area contributed by atoms with Gasteiger partial charge in [-0.25, -0.2) is 0 Å². The van der Waals surface area contributed by atoms with Crippen molar-refractivity contribution in [3.8, 4) is 17.2 Å². The van der Waals surface area contributed by atoms with Gasteiger partial charge in [-0.05, 0) is 19.9 Å². The molecule has 7 atom stereocenters. The Morgan fingerprint density at radius 3 is 2.41 bits per heavy atom. The zero-order chi connectivity index (χ0) is 30.8. The monoisotopic (exact) mass is 635 g/mol. The summed E-state index contributed by atoms with van der Waals surface area (Å²) in [6.45, 7) is 5.43. The van der Waals surface area contributed by atoms with Crippen molar-refractivity contribution in [2.24, 2.45) is 0 Å². The number of ketones is 2. The zero-order valence-corrected chi connectivity index (χ0v) is 25.5. The highest BCUT2D eigenvalue weighted by Crippen LogP contribution is 2.53. The maximum absolute atomic E-state index is 13.8. The number of methoxy groups -OCH3 is 1. The quantitative estimate of drug-likeness (QED) is 0.257. The van der Waals surface area contributed by atoms with Crippen molar-refractivity contribution in [1.82, 2.24) is 4.90 Å². The predicted octanol–water partition coefficient (Wildman–Crippen LogP) is 1.62. The molecule has 12 nitrogen and oxygen atoms in total. The van der Waals surface area contributed by atoms with Gasteiger partial charge in [-0.3, -0.25) is 14.5 Å². The van der Waals surface area contributed by atoms with Crippen LogP contribution < -0.4 is 4.74 Å². The Morgan fingerprint density at radius 1 is 1.07 bits per heavy atom. The third-order valence-electron chi connectivity index (χ3n) is 9.39. The number of aromatic hydroxyl groups is 2. The van der Waals surface area contributed by atoms with Crippen LogP contribution in [0.1, 0.15) is 75.8 Å². The van der Waals surface area contributed by atoms with Gasteiger partial charge in [0.25, 0.3) is 0 Å². The average molecular weight is 636 g/mol. The number of benzene rings is 2. The second kappa shape index (κ2) is 12.2. The highest BCUT2D eigenvalue weighted by molar-refractivity contribution is 6.31. The summed E-state index contributed by atoms with van der Waals surface area (Å²) >= 11 is 0. The van der Waals surface area contributed by atoms with Gasteiger partial charge in [0, 0.05) is 55.1 Å². The number of phenolic OH excluding ortho intramolecular Hbond substituents is 2. The first-order valence-electron chi connectivity index (χ1n) is 14.5. The highest BCUT2D eigenvalue weighted by Gasteiger charge is 2.49. The Labute approximate surface area is 260 Å². The van der Waals surface area contributed by atoms with Gasteiger partial charge in [-0.2, -0.15) is 0 Å².